The first-order chi connectivity index (χ1) is 14.7. The summed E-state index contributed by atoms with van der Waals surface area (Å²) in [5.74, 6) is -0.371. The van der Waals surface area contributed by atoms with Crippen molar-refractivity contribution >= 4 is 21.6 Å². The molecule has 0 saturated heterocycles. The molecule has 0 fully saturated rings. The second-order valence-corrected chi connectivity index (χ2v) is 9.42. The van der Waals surface area contributed by atoms with Gasteiger partial charge < -0.3 is 5.32 Å². The molecule has 0 atom stereocenters. The number of amides is 1. The highest BCUT2D eigenvalue weighted by atomic mass is 32.2. The van der Waals surface area contributed by atoms with Gasteiger partial charge in [-0.15, -0.1) is 0 Å². The van der Waals surface area contributed by atoms with Gasteiger partial charge in [-0.1, -0.05) is 44.2 Å². The van der Waals surface area contributed by atoms with E-state index < -0.39 is 15.9 Å². The third kappa shape index (κ3) is 6.37. The first-order valence-electron chi connectivity index (χ1n) is 9.89. The monoisotopic (exact) mass is 439 g/mol. The average molecular weight is 440 g/mol. The summed E-state index contributed by atoms with van der Waals surface area (Å²) in [6, 6.07) is 18.5. The van der Waals surface area contributed by atoms with Crippen molar-refractivity contribution < 1.29 is 13.2 Å². The van der Waals surface area contributed by atoms with Gasteiger partial charge in [-0.2, -0.15) is 0 Å². The van der Waals surface area contributed by atoms with Crippen molar-refractivity contribution in [2.75, 3.05) is 11.9 Å². The number of anilines is 1. The zero-order valence-electron chi connectivity index (χ0n) is 17.4. The number of nitrogens with one attached hydrogen (secondary N) is 2. The standard InChI is InChI=1S/C23H25N3O4S/c1-17(2)14-24-31(29,30)16-18-7-6-8-20(13-18)25-23(28)19-11-12-22(27)26(15-19)21-9-4-3-5-10-21/h3-13,15,17,24H,14,16H2,1-2H3,(H,25,28). The van der Waals surface area contributed by atoms with Crippen molar-refractivity contribution in [1.29, 1.82) is 0 Å². The Morgan fingerprint density at radius 3 is 2.45 bits per heavy atom. The molecule has 2 aromatic carbocycles. The minimum absolute atomic E-state index is 0.178. The summed E-state index contributed by atoms with van der Waals surface area (Å²) in [6.07, 6.45) is 1.48. The molecule has 0 aliphatic carbocycles. The van der Waals surface area contributed by atoms with Gasteiger partial charge in [0.15, 0.2) is 0 Å². The number of benzene rings is 2. The predicted molar refractivity (Wildman–Crippen MR) is 122 cm³/mol. The van der Waals surface area contributed by atoms with E-state index in [-0.39, 0.29) is 17.2 Å². The Balaban J connectivity index is 1.76. The SMILES string of the molecule is CC(C)CNS(=O)(=O)Cc1cccc(NC(=O)c2ccc(=O)n(-c3ccccc3)c2)c1. The number of hydrogen-bond acceptors (Lipinski definition) is 4. The molecule has 0 bridgehead atoms. The Morgan fingerprint density at radius 1 is 1.00 bits per heavy atom. The molecule has 1 amide bonds. The lowest BCUT2D eigenvalue weighted by atomic mass is 10.2. The molecule has 0 unspecified atom stereocenters. The summed E-state index contributed by atoms with van der Waals surface area (Å²) in [4.78, 5) is 24.9. The van der Waals surface area contributed by atoms with E-state index in [1.807, 2.05) is 32.0 Å². The number of hydrogen-bond donors (Lipinski definition) is 2. The molecule has 0 radical (unpaired) electrons. The summed E-state index contributed by atoms with van der Waals surface area (Å²) in [5.41, 5.74) is 1.74. The van der Waals surface area contributed by atoms with Crippen LogP contribution >= 0.6 is 0 Å². The van der Waals surface area contributed by atoms with Crippen molar-refractivity contribution in [3.63, 3.8) is 0 Å². The van der Waals surface area contributed by atoms with E-state index in [9.17, 15) is 18.0 Å². The molecule has 3 rings (SSSR count). The lowest BCUT2D eigenvalue weighted by molar-refractivity contribution is 0.102. The molecular weight excluding hydrogens is 414 g/mol. The van der Waals surface area contributed by atoms with Crippen LogP contribution in [0.1, 0.15) is 29.8 Å². The minimum atomic E-state index is -3.47. The normalized spacial score (nSPS) is 11.5. The zero-order valence-corrected chi connectivity index (χ0v) is 18.2. The van der Waals surface area contributed by atoms with Crippen LogP contribution in [-0.4, -0.2) is 25.4 Å². The number of carbonyl (C=O) groups excluding carboxylic acids is 1. The first kappa shape index (κ1) is 22.5. The van der Waals surface area contributed by atoms with Crippen LogP contribution in [0.2, 0.25) is 0 Å². The number of rotatable bonds is 8. The van der Waals surface area contributed by atoms with E-state index in [0.717, 1.165) is 0 Å². The van der Waals surface area contributed by atoms with Crippen LogP contribution in [0.5, 0.6) is 0 Å². The van der Waals surface area contributed by atoms with Crippen molar-refractivity contribution in [2.24, 2.45) is 5.92 Å². The minimum Gasteiger partial charge on any atom is -0.322 e. The van der Waals surface area contributed by atoms with Crippen molar-refractivity contribution in [3.05, 3.63) is 94.4 Å². The van der Waals surface area contributed by atoms with Crippen LogP contribution in [-0.2, 0) is 15.8 Å². The summed E-state index contributed by atoms with van der Waals surface area (Å²) in [6.45, 7) is 4.23. The van der Waals surface area contributed by atoms with Crippen molar-refractivity contribution in [2.45, 2.75) is 19.6 Å². The van der Waals surface area contributed by atoms with Gasteiger partial charge in [0, 0.05) is 30.2 Å². The molecule has 0 aliphatic heterocycles. The Morgan fingerprint density at radius 2 is 1.74 bits per heavy atom. The van der Waals surface area contributed by atoms with Gasteiger partial charge in [-0.25, -0.2) is 13.1 Å². The third-order valence-electron chi connectivity index (χ3n) is 4.46. The highest BCUT2D eigenvalue weighted by molar-refractivity contribution is 7.88. The van der Waals surface area contributed by atoms with Crippen LogP contribution in [0.3, 0.4) is 0 Å². The predicted octanol–water partition coefficient (Wildman–Crippen LogP) is 3.17. The van der Waals surface area contributed by atoms with Crippen LogP contribution in [0, 0.1) is 5.92 Å². The first-order valence-corrected chi connectivity index (χ1v) is 11.5. The Hall–Kier alpha value is -3.23. The maximum absolute atomic E-state index is 12.7. The summed E-state index contributed by atoms with van der Waals surface area (Å²) in [5, 5.41) is 2.76. The van der Waals surface area contributed by atoms with E-state index in [2.05, 4.69) is 10.0 Å². The molecule has 162 valence electrons. The number of pyridine rings is 1. The molecule has 7 nitrogen and oxygen atoms in total. The fourth-order valence-electron chi connectivity index (χ4n) is 2.92. The van der Waals surface area contributed by atoms with Crippen LogP contribution < -0.4 is 15.6 Å². The molecular formula is C23H25N3O4S. The van der Waals surface area contributed by atoms with Gasteiger partial charge in [0.1, 0.15) is 0 Å². The van der Waals surface area contributed by atoms with Crippen molar-refractivity contribution in [3.8, 4) is 5.69 Å². The second kappa shape index (κ2) is 9.72. The fraction of sp³-hybridized carbons (Fsp3) is 0.217. The number of sulfonamides is 1. The van der Waals surface area contributed by atoms with Gasteiger partial charge in [0.2, 0.25) is 10.0 Å². The third-order valence-corrected chi connectivity index (χ3v) is 5.78. The molecule has 0 aliphatic rings. The number of carbonyl (C=O) groups is 1. The van der Waals surface area contributed by atoms with E-state index in [1.165, 1.54) is 22.9 Å². The molecule has 31 heavy (non-hydrogen) atoms. The van der Waals surface area contributed by atoms with E-state index in [4.69, 9.17) is 0 Å². The highest BCUT2D eigenvalue weighted by Crippen LogP contribution is 2.15. The highest BCUT2D eigenvalue weighted by Gasteiger charge is 2.14. The maximum atomic E-state index is 12.7. The maximum Gasteiger partial charge on any atom is 0.257 e. The second-order valence-electron chi connectivity index (χ2n) is 7.62. The topological polar surface area (TPSA) is 97.3 Å². The van der Waals surface area contributed by atoms with Gasteiger partial charge >= 0.3 is 0 Å². The Kier molecular flexibility index (Phi) is 7.04. The molecule has 1 aromatic heterocycles. The number of nitrogens with zero attached hydrogens (tertiary/aromatic N) is 1. The van der Waals surface area contributed by atoms with Crippen LogP contribution in [0.15, 0.2) is 77.7 Å². The number of aromatic nitrogens is 1. The molecule has 2 N–H and O–H groups in total. The van der Waals surface area contributed by atoms with Gasteiger partial charge in [0.05, 0.1) is 11.3 Å². The zero-order chi connectivity index (χ0) is 22.4. The lowest BCUT2D eigenvalue weighted by Gasteiger charge is -2.11. The largest absolute Gasteiger partial charge is 0.322 e. The van der Waals surface area contributed by atoms with Gasteiger partial charge in [-0.3, -0.25) is 14.2 Å². The molecule has 0 spiro atoms. The Labute approximate surface area is 181 Å². The van der Waals surface area contributed by atoms with Crippen molar-refractivity contribution in [1.82, 2.24) is 9.29 Å². The van der Waals surface area contributed by atoms with E-state index in [0.29, 0.717) is 29.0 Å². The molecule has 1 heterocycles. The summed E-state index contributed by atoms with van der Waals surface area (Å²) < 4.78 is 28.4. The molecule has 0 saturated carbocycles. The average Bonchev–Trinajstić information content (AvgIpc) is 2.73. The molecule has 3 aromatic rings. The summed E-state index contributed by atoms with van der Waals surface area (Å²) in [7, 11) is -3.47. The smallest absolute Gasteiger partial charge is 0.257 e. The van der Waals surface area contributed by atoms with Crippen LogP contribution in [0.4, 0.5) is 5.69 Å². The quantitative estimate of drug-likeness (QED) is 0.563. The molecule has 8 heteroatoms. The Bertz CT molecular complexity index is 1220. The fourth-order valence-corrected chi connectivity index (χ4v) is 4.23. The van der Waals surface area contributed by atoms with E-state index in [1.54, 1.807) is 36.4 Å². The number of para-hydroxylation sites is 1. The lowest BCUT2D eigenvalue weighted by Crippen LogP contribution is -2.28. The van der Waals surface area contributed by atoms with Gasteiger partial charge in [0.25, 0.3) is 11.5 Å². The summed E-state index contributed by atoms with van der Waals surface area (Å²) >= 11 is 0. The van der Waals surface area contributed by atoms with E-state index >= 15 is 0 Å². The van der Waals surface area contributed by atoms with Crippen LogP contribution in [0.25, 0.3) is 5.69 Å². The van der Waals surface area contributed by atoms with Gasteiger partial charge in [-0.05, 0) is 41.8 Å².